The predicted octanol–water partition coefficient (Wildman–Crippen LogP) is 0.457. The van der Waals surface area contributed by atoms with Crippen LogP contribution in [0.25, 0.3) is 0 Å². The molecule has 1 amide bonds. The first-order chi connectivity index (χ1) is 16.1. The molecule has 0 spiro atoms. The molecule has 1 aromatic carbocycles. The number of carbonyl (C=O) groups excluding carboxylic acids is 1. The SMILES string of the molecule is CC1CNc2cc(S(=O)(=O)N[C@@H](CCCN=C(N)N)C(=O)N3CCCCC3C(=O)O)ccc2C1. The lowest BCUT2D eigenvalue weighted by Crippen LogP contribution is -2.55. The van der Waals surface area contributed by atoms with Crippen LogP contribution in [0.15, 0.2) is 28.1 Å². The zero-order valence-electron chi connectivity index (χ0n) is 19.4. The number of rotatable bonds is 9. The summed E-state index contributed by atoms with van der Waals surface area (Å²) in [5.41, 5.74) is 12.5. The number of aliphatic carboxylic acids is 1. The van der Waals surface area contributed by atoms with Crippen molar-refractivity contribution in [2.75, 3.05) is 25.0 Å². The number of nitrogens with zero attached hydrogens (tertiary/aromatic N) is 2. The van der Waals surface area contributed by atoms with Gasteiger partial charge in [-0.3, -0.25) is 9.79 Å². The van der Waals surface area contributed by atoms with Gasteiger partial charge in [-0.15, -0.1) is 0 Å². The molecule has 2 heterocycles. The number of fused-ring (bicyclic) bond motifs is 1. The van der Waals surface area contributed by atoms with Crippen LogP contribution in [-0.4, -0.2) is 68.0 Å². The van der Waals surface area contributed by atoms with Crippen LogP contribution in [0, 0.1) is 5.92 Å². The number of carboxylic acids is 1. The highest BCUT2D eigenvalue weighted by molar-refractivity contribution is 7.89. The van der Waals surface area contributed by atoms with Gasteiger partial charge in [0.25, 0.3) is 0 Å². The van der Waals surface area contributed by atoms with E-state index >= 15 is 0 Å². The average Bonchev–Trinajstić information content (AvgIpc) is 2.79. The summed E-state index contributed by atoms with van der Waals surface area (Å²) in [7, 11) is -4.05. The number of guanidine groups is 1. The third kappa shape index (κ3) is 6.38. The van der Waals surface area contributed by atoms with Crippen molar-refractivity contribution in [3.63, 3.8) is 0 Å². The minimum Gasteiger partial charge on any atom is -0.480 e. The Morgan fingerprint density at radius 1 is 1.32 bits per heavy atom. The van der Waals surface area contributed by atoms with Gasteiger partial charge in [-0.1, -0.05) is 13.0 Å². The number of amides is 1. The Morgan fingerprint density at radius 2 is 2.09 bits per heavy atom. The van der Waals surface area contributed by atoms with E-state index in [1.807, 2.05) is 0 Å². The summed E-state index contributed by atoms with van der Waals surface area (Å²) in [6.07, 6.45) is 3.02. The molecule has 11 nitrogen and oxygen atoms in total. The van der Waals surface area contributed by atoms with Gasteiger partial charge in [0.1, 0.15) is 12.1 Å². The molecule has 2 aliphatic heterocycles. The van der Waals surface area contributed by atoms with E-state index in [2.05, 4.69) is 22.0 Å². The molecule has 0 saturated carbocycles. The highest BCUT2D eigenvalue weighted by Crippen LogP contribution is 2.28. The minimum absolute atomic E-state index is 0.0451. The Bertz CT molecular complexity index is 1040. The molecule has 0 bridgehead atoms. The van der Waals surface area contributed by atoms with Gasteiger partial charge in [-0.05, 0) is 62.1 Å². The molecule has 1 fully saturated rings. The second-order valence-electron chi connectivity index (χ2n) is 9.01. The number of hydrogen-bond donors (Lipinski definition) is 5. The maximum Gasteiger partial charge on any atom is 0.326 e. The van der Waals surface area contributed by atoms with E-state index in [4.69, 9.17) is 11.5 Å². The summed E-state index contributed by atoms with van der Waals surface area (Å²) in [5.74, 6) is -1.29. The van der Waals surface area contributed by atoms with E-state index in [0.29, 0.717) is 31.6 Å². The molecule has 0 aromatic heterocycles. The number of benzene rings is 1. The van der Waals surface area contributed by atoms with Crippen molar-refractivity contribution in [1.82, 2.24) is 9.62 Å². The zero-order valence-corrected chi connectivity index (χ0v) is 20.2. The van der Waals surface area contributed by atoms with Gasteiger partial charge in [0, 0.05) is 25.3 Å². The molecule has 0 radical (unpaired) electrons. The molecule has 2 aliphatic rings. The number of carbonyl (C=O) groups is 2. The fraction of sp³-hybridized carbons (Fsp3) is 0.591. The lowest BCUT2D eigenvalue weighted by molar-refractivity contribution is -0.152. The van der Waals surface area contributed by atoms with Crippen LogP contribution in [0.3, 0.4) is 0 Å². The number of nitrogens with one attached hydrogen (secondary N) is 2. The van der Waals surface area contributed by atoms with E-state index in [1.165, 1.54) is 11.0 Å². The fourth-order valence-electron chi connectivity index (χ4n) is 4.44. The highest BCUT2D eigenvalue weighted by atomic mass is 32.2. The van der Waals surface area contributed by atoms with Crippen LogP contribution in [0.2, 0.25) is 0 Å². The number of anilines is 1. The van der Waals surface area contributed by atoms with Crippen LogP contribution in [-0.2, 0) is 26.0 Å². The van der Waals surface area contributed by atoms with Crippen molar-refractivity contribution >= 4 is 33.5 Å². The minimum atomic E-state index is -4.05. The molecule has 1 aromatic rings. The monoisotopic (exact) mass is 494 g/mol. The molecule has 34 heavy (non-hydrogen) atoms. The number of nitrogens with two attached hydrogens (primary N) is 2. The Hall–Kier alpha value is -2.86. The Kier molecular flexibility index (Phi) is 8.37. The first kappa shape index (κ1) is 25.8. The van der Waals surface area contributed by atoms with Crippen LogP contribution in [0.1, 0.15) is 44.6 Å². The Balaban J connectivity index is 1.83. The van der Waals surface area contributed by atoms with Crippen molar-refractivity contribution in [2.24, 2.45) is 22.4 Å². The second-order valence-corrected chi connectivity index (χ2v) is 10.7. The summed E-state index contributed by atoms with van der Waals surface area (Å²) >= 11 is 0. The van der Waals surface area contributed by atoms with Crippen LogP contribution >= 0.6 is 0 Å². The fourth-order valence-corrected chi connectivity index (χ4v) is 5.69. The van der Waals surface area contributed by atoms with E-state index in [1.54, 1.807) is 12.1 Å². The molecule has 188 valence electrons. The predicted molar refractivity (Wildman–Crippen MR) is 129 cm³/mol. The first-order valence-electron chi connectivity index (χ1n) is 11.6. The van der Waals surface area contributed by atoms with E-state index in [-0.39, 0.29) is 30.4 Å². The highest BCUT2D eigenvalue weighted by Gasteiger charge is 2.37. The summed E-state index contributed by atoms with van der Waals surface area (Å²) in [4.78, 5) is 30.3. The van der Waals surface area contributed by atoms with Crippen molar-refractivity contribution in [2.45, 2.75) is 62.4 Å². The quantitative estimate of drug-likeness (QED) is 0.186. The van der Waals surface area contributed by atoms with E-state index in [0.717, 1.165) is 24.2 Å². The molecule has 3 atom stereocenters. The average molecular weight is 495 g/mol. The van der Waals surface area contributed by atoms with Crippen molar-refractivity contribution in [3.05, 3.63) is 23.8 Å². The molecule has 2 unspecified atom stereocenters. The third-order valence-electron chi connectivity index (χ3n) is 6.21. The molecule has 7 N–H and O–H groups in total. The maximum absolute atomic E-state index is 13.4. The van der Waals surface area contributed by atoms with Crippen LogP contribution in [0.5, 0.6) is 0 Å². The Labute approximate surface area is 200 Å². The molecule has 0 aliphatic carbocycles. The third-order valence-corrected chi connectivity index (χ3v) is 7.68. The van der Waals surface area contributed by atoms with Gasteiger partial charge >= 0.3 is 5.97 Å². The first-order valence-corrected chi connectivity index (χ1v) is 13.0. The van der Waals surface area contributed by atoms with Crippen molar-refractivity contribution < 1.29 is 23.1 Å². The van der Waals surface area contributed by atoms with Crippen molar-refractivity contribution in [1.29, 1.82) is 0 Å². The van der Waals surface area contributed by atoms with Crippen LogP contribution < -0.4 is 21.5 Å². The number of carboxylic acid groups (broad SMARTS) is 1. The number of likely N-dealkylation sites (tertiary alicyclic amines) is 1. The number of piperidine rings is 1. The lowest BCUT2D eigenvalue weighted by atomic mass is 9.96. The molecule has 3 rings (SSSR count). The summed E-state index contributed by atoms with van der Waals surface area (Å²) in [5, 5.41) is 12.8. The van der Waals surface area contributed by atoms with Gasteiger partial charge in [-0.25, -0.2) is 13.2 Å². The van der Waals surface area contributed by atoms with Crippen LogP contribution in [0.4, 0.5) is 5.69 Å². The van der Waals surface area contributed by atoms with Gasteiger partial charge in [-0.2, -0.15) is 4.72 Å². The normalized spacial score (nSPS) is 21.1. The van der Waals surface area contributed by atoms with Gasteiger partial charge in [0.2, 0.25) is 15.9 Å². The van der Waals surface area contributed by atoms with Crippen molar-refractivity contribution in [3.8, 4) is 0 Å². The summed E-state index contributed by atoms with van der Waals surface area (Å²) < 4.78 is 29.0. The number of hydrogen-bond acceptors (Lipinski definition) is 6. The molecule has 1 saturated heterocycles. The molecular weight excluding hydrogens is 460 g/mol. The van der Waals surface area contributed by atoms with Gasteiger partial charge in [0.15, 0.2) is 5.96 Å². The van der Waals surface area contributed by atoms with Gasteiger partial charge < -0.3 is 26.8 Å². The lowest BCUT2D eigenvalue weighted by Gasteiger charge is -2.35. The second kappa shape index (κ2) is 11.0. The maximum atomic E-state index is 13.4. The standard InChI is InChI=1S/C22H34N6O5S/c1-14-11-15-7-8-16(12-18(15)26-13-14)34(32,33)27-17(5-4-9-25-22(23)24)20(29)28-10-3-2-6-19(28)21(30)31/h7-8,12,14,17,19,26-27H,2-6,9-11,13H2,1H3,(H,30,31)(H4,23,24,25)/t14?,17-,19?/m0/s1. The largest absolute Gasteiger partial charge is 0.480 e. The van der Waals surface area contributed by atoms with E-state index in [9.17, 15) is 23.1 Å². The Morgan fingerprint density at radius 3 is 2.79 bits per heavy atom. The number of aliphatic imine (C=N–C) groups is 1. The van der Waals surface area contributed by atoms with E-state index < -0.39 is 34.0 Å². The number of sulfonamides is 1. The smallest absolute Gasteiger partial charge is 0.326 e. The topological polar surface area (TPSA) is 180 Å². The molecule has 12 heteroatoms. The zero-order chi connectivity index (χ0) is 24.9. The summed E-state index contributed by atoms with van der Waals surface area (Å²) in [6.45, 7) is 3.35. The molecular formula is C22H34N6O5S. The van der Waals surface area contributed by atoms with Gasteiger partial charge in [0.05, 0.1) is 4.90 Å². The summed E-state index contributed by atoms with van der Waals surface area (Å²) in [6, 6.07) is 2.78.